The van der Waals surface area contributed by atoms with Gasteiger partial charge in [-0.2, -0.15) is 0 Å². The lowest BCUT2D eigenvalue weighted by atomic mass is 9.86. The number of carbonyl (C=O) groups excluding carboxylic acids is 1. The molecule has 0 radical (unpaired) electrons. The third-order valence-corrected chi connectivity index (χ3v) is 1.72. The van der Waals surface area contributed by atoms with Crippen LogP contribution >= 0.6 is 0 Å². The Bertz CT molecular complexity index is 298. The quantitative estimate of drug-likeness (QED) is 0.613. The molecule has 0 aliphatic rings. The number of rotatable bonds is 1. The lowest BCUT2D eigenvalue weighted by molar-refractivity contribution is 0.107. The molecule has 1 heterocycles. The smallest absolute Gasteiger partial charge is 0.195 e. The summed E-state index contributed by atoms with van der Waals surface area (Å²) in [6, 6.07) is 0. The molecule has 0 aromatic carbocycles. The number of hydrogen-bond donors (Lipinski definition) is 1. The fraction of sp³-hybridized carbons (Fsp3) is 0.500. The number of nitrogens with one attached hydrogen (secondary N) is 1. The molecule has 3 nitrogen and oxygen atoms in total. The van der Waals surface area contributed by atoms with Crippen LogP contribution in [-0.4, -0.2) is 23.5 Å². The van der Waals surface area contributed by atoms with E-state index in [9.17, 15) is 4.79 Å². The maximum absolute atomic E-state index is 11.1. The fourth-order valence-electron chi connectivity index (χ4n) is 1.13. The molecule has 4 heteroatoms. The van der Waals surface area contributed by atoms with Gasteiger partial charge >= 0.3 is 0 Å². The molecule has 0 bridgehead atoms. The van der Waals surface area contributed by atoms with E-state index in [1.807, 2.05) is 20.8 Å². The van der Waals surface area contributed by atoms with Crippen LogP contribution in [0.25, 0.3) is 0 Å². The zero-order valence-corrected chi connectivity index (χ0v) is 7.93. The summed E-state index contributed by atoms with van der Waals surface area (Å²) in [5.41, 5.74) is 1.44. The average Bonchev–Trinajstić information content (AvgIpc) is 2.30. The molecule has 0 aliphatic heterocycles. The van der Waals surface area contributed by atoms with Crippen molar-refractivity contribution in [2.24, 2.45) is 0 Å². The standard InChI is InChI=1S/C8H13BN2O/c1-8(2,3)6-5(7(9)12)10-4-11-6/h4H,9H2,1-3H3,(H,10,11). The Kier molecular flexibility index (Phi) is 2.09. The van der Waals surface area contributed by atoms with Crippen LogP contribution in [0.1, 0.15) is 37.0 Å². The van der Waals surface area contributed by atoms with Gasteiger partial charge in [0.15, 0.2) is 7.85 Å². The van der Waals surface area contributed by atoms with Crippen molar-refractivity contribution in [2.45, 2.75) is 26.2 Å². The normalized spacial score (nSPS) is 11.6. The molecule has 0 amide bonds. The van der Waals surface area contributed by atoms with Gasteiger partial charge in [-0.1, -0.05) is 20.8 Å². The van der Waals surface area contributed by atoms with Gasteiger partial charge in [-0.3, -0.25) is 0 Å². The summed E-state index contributed by atoms with van der Waals surface area (Å²) in [5.74, 6) is 0. The third-order valence-electron chi connectivity index (χ3n) is 1.72. The Morgan fingerprint density at radius 2 is 2.17 bits per heavy atom. The van der Waals surface area contributed by atoms with E-state index in [1.165, 1.54) is 7.85 Å². The van der Waals surface area contributed by atoms with Crippen LogP contribution in [0.4, 0.5) is 0 Å². The van der Waals surface area contributed by atoms with Gasteiger partial charge in [-0.25, -0.2) is 4.98 Å². The molecule has 0 unspecified atom stereocenters. The predicted molar refractivity (Wildman–Crippen MR) is 50.2 cm³/mol. The van der Waals surface area contributed by atoms with Crippen LogP contribution in [0.3, 0.4) is 0 Å². The molecule has 0 saturated carbocycles. The molecule has 0 fully saturated rings. The van der Waals surface area contributed by atoms with E-state index in [0.29, 0.717) is 5.69 Å². The van der Waals surface area contributed by atoms with Crippen molar-refractivity contribution < 1.29 is 4.79 Å². The molecule has 0 aliphatic carbocycles. The van der Waals surface area contributed by atoms with Crippen molar-refractivity contribution in [1.29, 1.82) is 0 Å². The number of nitrogens with zero attached hydrogens (tertiary/aromatic N) is 1. The molecular formula is C8H13BN2O. The minimum atomic E-state index is -0.0441. The zero-order valence-electron chi connectivity index (χ0n) is 7.93. The van der Waals surface area contributed by atoms with Gasteiger partial charge in [0, 0.05) is 5.41 Å². The van der Waals surface area contributed by atoms with Crippen LogP contribution in [0.2, 0.25) is 0 Å². The van der Waals surface area contributed by atoms with Crippen molar-refractivity contribution >= 4 is 13.5 Å². The Balaban J connectivity index is 3.17. The van der Waals surface area contributed by atoms with Crippen LogP contribution in [0, 0.1) is 0 Å². The Morgan fingerprint density at radius 3 is 2.50 bits per heavy atom. The lowest BCUT2D eigenvalue weighted by Gasteiger charge is -2.17. The number of aromatic amines is 1. The van der Waals surface area contributed by atoms with E-state index in [2.05, 4.69) is 9.97 Å². The van der Waals surface area contributed by atoms with E-state index in [-0.39, 0.29) is 11.1 Å². The SMILES string of the molecule is BC(=O)c1nc[nH]c1C(C)(C)C. The van der Waals surface area contributed by atoms with Crippen molar-refractivity contribution in [3.63, 3.8) is 0 Å². The molecule has 64 valence electrons. The van der Waals surface area contributed by atoms with Crippen LogP contribution < -0.4 is 0 Å². The topological polar surface area (TPSA) is 45.8 Å². The minimum absolute atomic E-state index is 0.0150. The summed E-state index contributed by atoms with van der Waals surface area (Å²) < 4.78 is 0. The van der Waals surface area contributed by atoms with E-state index in [4.69, 9.17) is 0 Å². The monoisotopic (exact) mass is 164 g/mol. The van der Waals surface area contributed by atoms with Gasteiger partial charge in [0.05, 0.1) is 12.0 Å². The summed E-state index contributed by atoms with van der Waals surface area (Å²) in [7, 11) is 1.53. The first-order valence-electron chi connectivity index (χ1n) is 3.97. The number of H-pyrrole nitrogens is 1. The van der Waals surface area contributed by atoms with Gasteiger partial charge in [-0.15, -0.1) is 0 Å². The maximum Gasteiger partial charge on any atom is 0.195 e. The average molecular weight is 164 g/mol. The van der Waals surface area contributed by atoms with Gasteiger partial charge in [0.1, 0.15) is 11.4 Å². The number of hydrogen-bond acceptors (Lipinski definition) is 2. The highest BCUT2D eigenvalue weighted by molar-refractivity contribution is 6.62. The molecule has 0 spiro atoms. The molecule has 1 N–H and O–H groups in total. The summed E-state index contributed by atoms with van der Waals surface area (Å²) in [4.78, 5) is 18.1. The first-order valence-corrected chi connectivity index (χ1v) is 3.97. The van der Waals surface area contributed by atoms with Crippen LogP contribution in [-0.2, 0) is 5.41 Å². The summed E-state index contributed by atoms with van der Waals surface area (Å²) >= 11 is 0. The van der Waals surface area contributed by atoms with Gasteiger partial charge in [0.25, 0.3) is 0 Å². The second kappa shape index (κ2) is 2.77. The van der Waals surface area contributed by atoms with Crippen molar-refractivity contribution in [3.8, 4) is 0 Å². The second-order valence-electron chi connectivity index (χ2n) is 3.93. The first kappa shape index (κ1) is 9.04. The third kappa shape index (κ3) is 1.57. The maximum atomic E-state index is 11.1. The molecule has 1 aromatic rings. The van der Waals surface area contributed by atoms with Crippen molar-refractivity contribution in [3.05, 3.63) is 17.7 Å². The number of carbonyl (C=O) groups is 1. The van der Waals surface area contributed by atoms with Gasteiger partial charge in [-0.05, 0) is 0 Å². The summed E-state index contributed by atoms with van der Waals surface area (Å²) in [6.45, 7) is 6.15. The van der Waals surface area contributed by atoms with E-state index in [0.717, 1.165) is 5.69 Å². The predicted octanol–water partition coefficient (Wildman–Crippen LogP) is 0.480. The van der Waals surface area contributed by atoms with Crippen molar-refractivity contribution in [2.75, 3.05) is 0 Å². The van der Waals surface area contributed by atoms with Gasteiger partial charge in [0.2, 0.25) is 0 Å². The number of imidazole rings is 1. The molecule has 0 atom stereocenters. The van der Waals surface area contributed by atoms with Crippen molar-refractivity contribution in [1.82, 2.24) is 9.97 Å². The summed E-state index contributed by atoms with van der Waals surface area (Å²) in [6.07, 6.45) is 1.57. The van der Waals surface area contributed by atoms with E-state index in [1.54, 1.807) is 6.33 Å². The minimum Gasteiger partial charge on any atom is -0.347 e. The lowest BCUT2D eigenvalue weighted by Crippen LogP contribution is -2.17. The Hall–Kier alpha value is -1.06. The zero-order chi connectivity index (χ0) is 9.35. The fourth-order valence-corrected chi connectivity index (χ4v) is 1.13. The van der Waals surface area contributed by atoms with E-state index < -0.39 is 0 Å². The molecule has 1 aromatic heterocycles. The molecule has 12 heavy (non-hydrogen) atoms. The highest BCUT2D eigenvalue weighted by atomic mass is 16.1. The van der Waals surface area contributed by atoms with Crippen LogP contribution in [0.15, 0.2) is 6.33 Å². The van der Waals surface area contributed by atoms with Crippen LogP contribution in [0.5, 0.6) is 0 Å². The highest BCUT2D eigenvalue weighted by Crippen LogP contribution is 2.22. The van der Waals surface area contributed by atoms with E-state index >= 15 is 0 Å². The molecular weight excluding hydrogens is 151 g/mol. The Morgan fingerprint density at radius 1 is 1.58 bits per heavy atom. The second-order valence-corrected chi connectivity index (χ2v) is 3.93. The largest absolute Gasteiger partial charge is 0.347 e. The van der Waals surface area contributed by atoms with Gasteiger partial charge < -0.3 is 9.78 Å². The molecule has 0 saturated heterocycles. The summed E-state index contributed by atoms with van der Waals surface area (Å²) in [5, 5.41) is 0. The number of aromatic nitrogens is 2. The molecule has 1 rings (SSSR count). The first-order chi connectivity index (χ1) is 5.43. The Labute approximate surface area is 73.0 Å². The highest BCUT2D eigenvalue weighted by Gasteiger charge is 2.21.